The van der Waals surface area contributed by atoms with Gasteiger partial charge in [-0.15, -0.1) is 0 Å². The third-order valence-corrected chi connectivity index (χ3v) is 13.9. The molecule has 0 heterocycles. The van der Waals surface area contributed by atoms with Crippen molar-refractivity contribution in [3.63, 3.8) is 0 Å². The van der Waals surface area contributed by atoms with Crippen molar-refractivity contribution in [2.75, 3.05) is 30.6 Å². The van der Waals surface area contributed by atoms with Crippen LogP contribution in [0.2, 0.25) is 0 Å². The molecule has 30 nitrogen and oxygen atoms in total. The molecule has 32 heteroatoms. The molecular formula is C52H90N12O18S2. The average Bonchev–Trinajstić information content (AvgIpc) is 3.47. The van der Waals surface area contributed by atoms with Crippen LogP contribution in [0.4, 0.5) is 0 Å². The van der Waals surface area contributed by atoms with Crippen molar-refractivity contribution in [3.05, 3.63) is 0 Å². The van der Waals surface area contributed by atoms with Gasteiger partial charge in [-0.1, -0.05) is 41.5 Å². The van der Waals surface area contributed by atoms with Crippen LogP contribution in [0, 0.1) is 17.8 Å². The lowest BCUT2D eigenvalue weighted by Crippen LogP contribution is -2.61. The molecule has 0 rings (SSSR count). The van der Waals surface area contributed by atoms with Gasteiger partial charge in [-0.25, -0.2) is 4.79 Å². The first-order valence-corrected chi connectivity index (χ1v) is 30.4. The lowest BCUT2D eigenvalue weighted by Gasteiger charge is -2.29. The van der Waals surface area contributed by atoms with Gasteiger partial charge in [0.05, 0.1) is 12.5 Å². The normalized spacial score (nSPS) is 14.8. The predicted octanol–water partition coefficient (Wildman–Crippen LogP) is -2.39. The molecule has 0 aliphatic heterocycles. The molecule has 10 amide bonds. The Morgan fingerprint density at radius 1 is 0.405 bits per heavy atom. The number of unbranched alkanes of at least 4 members (excludes halogenated alkanes) is 1. The molecule has 19 N–H and O–H groups in total. The number of carbonyl (C=O) groups is 14. The zero-order valence-corrected chi connectivity index (χ0v) is 50.7. The fourth-order valence-electron chi connectivity index (χ4n) is 8.06. The van der Waals surface area contributed by atoms with Gasteiger partial charge >= 0.3 is 23.9 Å². The Hall–Kier alpha value is -6.80. The largest absolute Gasteiger partial charge is 0.481 e. The second-order valence-electron chi connectivity index (χ2n) is 21.2. The van der Waals surface area contributed by atoms with Crippen molar-refractivity contribution in [2.24, 2.45) is 35.0 Å². The number of primary amides is 1. The summed E-state index contributed by atoms with van der Waals surface area (Å²) in [6.07, 6.45) is -0.0767. The van der Waals surface area contributed by atoms with Crippen molar-refractivity contribution in [1.29, 1.82) is 0 Å². The minimum Gasteiger partial charge on any atom is -0.481 e. The number of nitrogens with two attached hydrogens (primary N) is 3. The first-order valence-electron chi connectivity index (χ1n) is 27.6. The van der Waals surface area contributed by atoms with Gasteiger partial charge in [0.2, 0.25) is 59.1 Å². The lowest BCUT2D eigenvalue weighted by molar-refractivity contribution is -0.143. The molecule has 0 spiro atoms. The second-order valence-corrected chi connectivity index (χ2v) is 23.2. The molecule has 478 valence electrons. The van der Waals surface area contributed by atoms with E-state index in [0.29, 0.717) is 6.42 Å². The highest BCUT2D eigenvalue weighted by Gasteiger charge is 2.37. The maximum atomic E-state index is 14.2. The van der Waals surface area contributed by atoms with E-state index in [-0.39, 0.29) is 74.8 Å². The fourth-order valence-corrected chi connectivity index (χ4v) is 9.00. The third-order valence-electron chi connectivity index (χ3n) is 12.6. The molecule has 0 aliphatic rings. The predicted molar refractivity (Wildman–Crippen MR) is 310 cm³/mol. The van der Waals surface area contributed by atoms with E-state index in [0.717, 1.165) is 0 Å². The summed E-state index contributed by atoms with van der Waals surface area (Å²) in [5.41, 5.74) is 17.2. The van der Waals surface area contributed by atoms with Crippen LogP contribution in [0.25, 0.3) is 0 Å². The van der Waals surface area contributed by atoms with Crippen LogP contribution < -0.4 is 65.1 Å². The van der Waals surface area contributed by atoms with Crippen LogP contribution in [0.1, 0.15) is 131 Å². The monoisotopic (exact) mass is 1230 g/mol. The zero-order chi connectivity index (χ0) is 64.4. The van der Waals surface area contributed by atoms with Crippen molar-refractivity contribution >= 4 is 106 Å². The Morgan fingerprint density at radius 2 is 0.738 bits per heavy atom. The van der Waals surface area contributed by atoms with E-state index in [1.807, 2.05) is 13.8 Å². The Balaban J connectivity index is 6.85. The minimum atomic E-state index is -1.76. The van der Waals surface area contributed by atoms with E-state index in [9.17, 15) is 82.4 Å². The summed E-state index contributed by atoms with van der Waals surface area (Å²) in [5, 5.41) is 59.7. The van der Waals surface area contributed by atoms with E-state index in [1.165, 1.54) is 23.5 Å². The van der Waals surface area contributed by atoms with E-state index < -0.39 is 188 Å². The van der Waals surface area contributed by atoms with Crippen LogP contribution >= 0.6 is 23.5 Å². The molecule has 0 bridgehead atoms. The van der Waals surface area contributed by atoms with Crippen molar-refractivity contribution in [1.82, 2.24) is 47.9 Å². The number of carbonyl (C=O) groups excluding carboxylic acids is 10. The highest BCUT2D eigenvalue weighted by Crippen LogP contribution is 2.14. The number of amides is 10. The Labute approximate surface area is 497 Å². The van der Waals surface area contributed by atoms with Gasteiger partial charge in [0.25, 0.3) is 0 Å². The summed E-state index contributed by atoms with van der Waals surface area (Å²) in [5.74, 6) is -15.7. The summed E-state index contributed by atoms with van der Waals surface area (Å²) < 4.78 is 0. The SMILES string of the molecule is CSCC[C@H](NC(=O)[C@H](CCC(=O)O)NC(=O)[C@@H](N)CC(C)C)C(=O)N[C@@H](CC(N)=O)C(=O)N[C@@H](CCCCN)C(=O)N[C@H](C(=O)N[C@@H](CCSC)C(=O)N[C@@H](CCC(=O)O)C(=O)N[C@@H](CC(C)C)C(=O)N[C@@H](CCC(=O)O)C(=O)O)C(C)C. The van der Waals surface area contributed by atoms with Crippen LogP contribution in [0.5, 0.6) is 0 Å². The van der Waals surface area contributed by atoms with Crippen molar-refractivity contribution in [3.8, 4) is 0 Å². The average molecular weight is 1240 g/mol. The Morgan fingerprint density at radius 3 is 1.12 bits per heavy atom. The molecule has 0 aromatic rings. The van der Waals surface area contributed by atoms with Gasteiger partial charge in [-0.05, 0) is 113 Å². The standard InChI is InChI=1S/C52H90N12O18S2/c1-26(2)23-29(54)43(72)56-31(12-15-39(66)67)44(73)59-33(18-21-83-7)47(76)63-37(25-38(55)65)50(79)57-30(11-9-10-20-53)48(77)64-42(28(5)6)51(80)60-34(19-22-84-8)46(75)58-32(13-16-40(68)69)45(74)62-36(24-27(3)4)49(78)61-35(52(81)82)14-17-41(70)71/h26-37,42H,9-25,53-54H2,1-8H3,(H2,55,65)(H,56,72)(H,57,79)(H,58,75)(H,59,73)(H,60,80)(H,61,78)(H,62,74)(H,63,76)(H,64,77)(H,66,67)(H,68,69)(H,70,71)(H,81,82)/t29-,30-,31-,32-,33-,34-,35-,36-,37-,42-/m0/s1. The fraction of sp³-hybridized carbons (Fsp3) is 0.731. The summed E-state index contributed by atoms with van der Waals surface area (Å²) in [4.78, 5) is 183. The Bertz CT molecular complexity index is 2240. The van der Waals surface area contributed by atoms with E-state index in [2.05, 4.69) is 47.9 Å². The Kier molecular flexibility index (Phi) is 37.9. The lowest BCUT2D eigenvalue weighted by atomic mass is 10.0. The van der Waals surface area contributed by atoms with Crippen LogP contribution in [0.3, 0.4) is 0 Å². The summed E-state index contributed by atoms with van der Waals surface area (Å²) in [6, 6.07) is -14.7. The summed E-state index contributed by atoms with van der Waals surface area (Å²) in [6.45, 7) is 10.3. The van der Waals surface area contributed by atoms with Gasteiger partial charge in [-0.3, -0.25) is 62.3 Å². The number of aliphatic carboxylic acids is 4. The number of thioether (sulfide) groups is 2. The van der Waals surface area contributed by atoms with Gasteiger partial charge in [0, 0.05) is 19.3 Å². The molecule has 0 unspecified atom stereocenters. The highest BCUT2D eigenvalue weighted by molar-refractivity contribution is 7.98. The summed E-state index contributed by atoms with van der Waals surface area (Å²) >= 11 is 2.56. The number of rotatable bonds is 45. The summed E-state index contributed by atoms with van der Waals surface area (Å²) in [7, 11) is 0. The van der Waals surface area contributed by atoms with Gasteiger partial charge < -0.3 is 85.5 Å². The maximum absolute atomic E-state index is 14.2. The number of nitrogens with one attached hydrogen (secondary N) is 9. The molecule has 0 aromatic heterocycles. The molecule has 10 atom stereocenters. The van der Waals surface area contributed by atoms with Gasteiger partial charge in [0.15, 0.2) is 0 Å². The van der Waals surface area contributed by atoms with Gasteiger partial charge in [0.1, 0.15) is 54.4 Å². The third kappa shape index (κ3) is 32.3. The van der Waals surface area contributed by atoms with Crippen molar-refractivity contribution in [2.45, 2.75) is 192 Å². The molecule has 0 aliphatic carbocycles. The minimum absolute atomic E-state index is 0.00277. The molecule has 0 fully saturated rings. The smallest absolute Gasteiger partial charge is 0.326 e. The first kappa shape index (κ1) is 77.2. The maximum Gasteiger partial charge on any atom is 0.326 e. The first-order chi connectivity index (χ1) is 39.3. The molecule has 84 heavy (non-hydrogen) atoms. The highest BCUT2D eigenvalue weighted by atomic mass is 32.2. The number of hydrogen-bond acceptors (Lipinski definition) is 18. The van der Waals surface area contributed by atoms with Gasteiger partial charge in [-0.2, -0.15) is 23.5 Å². The molecule has 0 aromatic carbocycles. The molecule has 0 radical (unpaired) electrons. The quantitative estimate of drug-likeness (QED) is 0.0283. The van der Waals surface area contributed by atoms with Crippen LogP contribution in [-0.2, 0) is 67.1 Å². The zero-order valence-electron chi connectivity index (χ0n) is 49.1. The van der Waals surface area contributed by atoms with E-state index in [1.54, 1.807) is 40.2 Å². The van der Waals surface area contributed by atoms with Crippen molar-refractivity contribution < 1.29 is 87.5 Å². The van der Waals surface area contributed by atoms with Crippen LogP contribution in [-0.4, -0.2) is 194 Å². The van der Waals surface area contributed by atoms with Crippen LogP contribution in [0.15, 0.2) is 0 Å². The van der Waals surface area contributed by atoms with E-state index >= 15 is 0 Å². The number of carboxylic acids is 4. The molecular weight excluding hydrogens is 1140 g/mol. The second kappa shape index (κ2) is 41.3. The molecule has 0 saturated heterocycles. The molecule has 0 saturated carbocycles. The number of carboxylic acid groups (broad SMARTS) is 4. The number of hydrogen-bond donors (Lipinski definition) is 16. The van der Waals surface area contributed by atoms with E-state index in [4.69, 9.17) is 22.3 Å². The topological polar surface area (TPSA) is 506 Å².